The highest BCUT2D eigenvalue weighted by Gasteiger charge is 2.25. The quantitative estimate of drug-likeness (QED) is 0.870. The summed E-state index contributed by atoms with van der Waals surface area (Å²) in [6, 6.07) is 4.57. The van der Waals surface area contributed by atoms with Crippen molar-refractivity contribution in [2.75, 3.05) is 6.54 Å². The van der Waals surface area contributed by atoms with Gasteiger partial charge in [0.1, 0.15) is 0 Å². The molecule has 0 spiro atoms. The van der Waals surface area contributed by atoms with Crippen molar-refractivity contribution < 1.29 is 8.42 Å². The van der Waals surface area contributed by atoms with E-state index in [0.717, 1.165) is 6.54 Å². The van der Waals surface area contributed by atoms with E-state index in [0.29, 0.717) is 11.4 Å². The zero-order valence-corrected chi connectivity index (χ0v) is 13.6. The van der Waals surface area contributed by atoms with Gasteiger partial charge in [0.25, 0.3) is 0 Å². The number of nitrogens with one attached hydrogen (secondary N) is 1. The number of hydrogen-bond acceptors (Lipinski definition) is 3. The Labute approximate surface area is 125 Å². The molecule has 1 aromatic rings. The topological polar surface area (TPSA) is 46.2 Å². The molecule has 0 radical (unpaired) electrons. The second kappa shape index (κ2) is 6.93. The minimum atomic E-state index is -3.37. The van der Waals surface area contributed by atoms with Crippen LogP contribution in [-0.4, -0.2) is 26.3 Å². The Bertz CT molecular complexity index is 531. The fourth-order valence-electron chi connectivity index (χ4n) is 1.94. The Morgan fingerprint density at radius 1 is 1.21 bits per heavy atom. The van der Waals surface area contributed by atoms with Gasteiger partial charge in [-0.3, -0.25) is 0 Å². The lowest BCUT2D eigenvalue weighted by molar-refractivity contribution is 0.509. The predicted octanol–water partition coefficient (Wildman–Crippen LogP) is 3.54. The monoisotopic (exact) mass is 323 g/mol. The van der Waals surface area contributed by atoms with Gasteiger partial charge in [0, 0.05) is 6.04 Å². The van der Waals surface area contributed by atoms with Gasteiger partial charge in [0.05, 0.1) is 20.2 Å². The summed E-state index contributed by atoms with van der Waals surface area (Å²) < 4.78 is 24.8. The molecular formula is C13H19Cl2NO2S. The third-order valence-corrected chi connectivity index (χ3v) is 5.89. The Balaban J connectivity index is 2.93. The molecule has 0 fully saturated rings. The zero-order chi connectivity index (χ0) is 14.6. The van der Waals surface area contributed by atoms with E-state index >= 15 is 0 Å². The Morgan fingerprint density at radius 2 is 1.84 bits per heavy atom. The first kappa shape index (κ1) is 16.8. The lowest BCUT2D eigenvalue weighted by Crippen LogP contribution is -2.32. The Morgan fingerprint density at radius 3 is 2.37 bits per heavy atom. The minimum absolute atomic E-state index is 0.151. The molecule has 0 saturated carbocycles. The first-order valence-electron chi connectivity index (χ1n) is 6.21. The first-order chi connectivity index (χ1) is 8.78. The molecule has 0 heterocycles. The molecule has 19 heavy (non-hydrogen) atoms. The molecule has 108 valence electrons. The smallest absolute Gasteiger partial charge is 0.181 e. The van der Waals surface area contributed by atoms with Gasteiger partial charge in [0.2, 0.25) is 0 Å². The lowest BCUT2D eigenvalue weighted by atomic mass is 10.2. The van der Waals surface area contributed by atoms with E-state index in [1.807, 2.05) is 13.8 Å². The van der Waals surface area contributed by atoms with Gasteiger partial charge < -0.3 is 5.32 Å². The summed E-state index contributed by atoms with van der Waals surface area (Å²) in [5.74, 6) is 0. The standard InChI is InChI=1S/C13H19Cl2NO2S/c1-4-16-9(2)7-10(3)19(17,18)11-5-6-12(14)13(15)8-11/h5-6,8-10,16H,4,7H2,1-3H3. The highest BCUT2D eigenvalue weighted by molar-refractivity contribution is 7.92. The normalized spacial score (nSPS) is 15.2. The van der Waals surface area contributed by atoms with E-state index in [2.05, 4.69) is 5.32 Å². The summed E-state index contributed by atoms with van der Waals surface area (Å²) in [6.07, 6.45) is 0.552. The third-order valence-electron chi connectivity index (χ3n) is 2.99. The van der Waals surface area contributed by atoms with Crippen LogP contribution in [0.1, 0.15) is 27.2 Å². The van der Waals surface area contributed by atoms with Gasteiger partial charge in [-0.05, 0) is 45.0 Å². The zero-order valence-electron chi connectivity index (χ0n) is 11.3. The van der Waals surface area contributed by atoms with Crippen molar-refractivity contribution in [1.29, 1.82) is 0 Å². The summed E-state index contributed by atoms with van der Waals surface area (Å²) in [5, 5.41) is 3.35. The largest absolute Gasteiger partial charge is 0.314 e. The van der Waals surface area contributed by atoms with Gasteiger partial charge in [0.15, 0.2) is 9.84 Å². The SMILES string of the molecule is CCNC(C)CC(C)S(=O)(=O)c1ccc(Cl)c(Cl)c1. The molecule has 3 nitrogen and oxygen atoms in total. The van der Waals surface area contributed by atoms with Crippen molar-refractivity contribution in [2.45, 2.75) is 43.4 Å². The van der Waals surface area contributed by atoms with Gasteiger partial charge >= 0.3 is 0 Å². The number of hydrogen-bond donors (Lipinski definition) is 1. The molecule has 2 atom stereocenters. The van der Waals surface area contributed by atoms with Crippen molar-refractivity contribution in [3.05, 3.63) is 28.2 Å². The van der Waals surface area contributed by atoms with E-state index < -0.39 is 15.1 Å². The van der Waals surface area contributed by atoms with Gasteiger partial charge in [-0.2, -0.15) is 0 Å². The summed E-state index contributed by atoms with van der Waals surface area (Å²) in [5.41, 5.74) is 0. The molecule has 0 bridgehead atoms. The Kier molecular flexibility index (Phi) is 6.12. The molecule has 2 unspecified atom stereocenters. The second-order valence-electron chi connectivity index (χ2n) is 4.63. The van der Waals surface area contributed by atoms with Crippen LogP contribution in [0.3, 0.4) is 0 Å². The van der Waals surface area contributed by atoms with Crippen molar-refractivity contribution in [1.82, 2.24) is 5.32 Å². The van der Waals surface area contributed by atoms with E-state index in [1.54, 1.807) is 6.92 Å². The first-order valence-corrected chi connectivity index (χ1v) is 8.51. The number of rotatable bonds is 6. The molecule has 1 N–H and O–H groups in total. The van der Waals surface area contributed by atoms with Crippen molar-refractivity contribution >= 4 is 33.0 Å². The second-order valence-corrected chi connectivity index (χ2v) is 7.81. The molecule has 1 rings (SSSR count). The molecule has 6 heteroatoms. The number of sulfone groups is 1. The van der Waals surface area contributed by atoms with E-state index in [1.165, 1.54) is 18.2 Å². The van der Waals surface area contributed by atoms with Crippen LogP contribution < -0.4 is 5.32 Å². The molecule has 0 aliphatic rings. The van der Waals surface area contributed by atoms with Crippen LogP contribution >= 0.6 is 23.2 Å². The van der Waals surface area contributed by atoms with Gasteiger partial charge in [-0.15, -0.1) is 0 Å². The van der Waals surface area contributed by atoms with E-state index in [-0.39, 0.29) is 16.0 Å². The van der Waals surface area contributed by atoms with Gasteiger partial charge in [-0.25, -0.2) is 8.42 Å². The van der Waals surface area contributed by atoms with Crippen LogP contribution in [0.5, 0.6) is 0 Å². The molecule has 0 saturated heterocycles. The number of halogens is 2. The van der Waals surface area contributed by atoms with Crippen LogP contribution in [-0.2, 0) is 9.84 Å². The molecule has 0 aliphatic carbocycles. The van der Waals surface area contributed by atoms with Crippen LogP contribution in [0.2, 0.25) is 10.0 Å². The van der Waals surface area contributed by atoms with Crippen molar-refractivity contribution in [3.63, 3.8) is 0 Å². The third kappa shape index (κ3) is 4.35. The fraction of sp³-hybridized carbons (Fsp3) is 0.538. The maximum Gasteiger partial charge on any atom is 0.181 e. The predicted molar refractivity (Wildman–Crippen MR) is 80.9 cm³/mol. The molecule has 1 aromatic carbocycles. The van der Waals surface area contributed by atoms with Crippen LogP contribution in [0.15, 0.2) is 23.1 Å². The highest BCUT2D eigenvalue weighted by Crippen LogP contribution is 2.27. The summed E-state index contributed by atoms with van der Waals surface area (Å²) in [6.45, 7) is 6.51. The molecule has 0 amide bonds. The molecular weight excluding hydrogens is 305 g/mol. The maximum atomic E-state index is 12.4. The lowest BCUT2D eigenvalue weighted by Gasteiger charge is -2.18. The van der Waals surface area contributed by atoms with Crippen molar-refractivity contribution in [3.8, 4) is 0 Å². The van der Waals surface area contributed by atoms with E-state index in [9.17, 15) is 8.42 Å². The highest BCUT2D eigenvalue weighted by atomic mass is 35.5. The fourth-order valence-corrected chi connectivity index (χ4v) is 3.85. The summed E-state index contributed by atoms with van der Waals surface area (Å²) >= 11 is 11.7. The van der Waals surface area contributed by atoms with E-state index in [4.69, 9.17) is 23.2 Å². The number of benzene rings is 1. The van der Waals surface area contributed by atoms with Crippen molar-refractivity contribution in [2.24, 2.45) is 0 Å². The van der Waals surface area contributed by atoms with Gasteiger partial charge in [-0.1, -0.05) is 30.1 Å². The molecule has 0 aromatic heterocycles. The average Bonchev–Trinajstić information content (AvgIpc) is 2.32. The summed E-state index contributed by atoms with van der Waals surface area (Å²) in [7, 11) is -3.37. The van der Waals surface area contributed by atoms with Crippen LogP contribution in [0, 0.1) is 0 Å². The summed E-state index contributed by atoms with van der Waals surface area (Å²) in [4.78, 5) is 0.220. The van der Waals surface area contributed by atoms with Crippen LogP contribution in [0.25, 0.3) is 0 Å². The minimum Gasteiger partial charge on any atom is -0.314 e. The average molecular weight is 324 g/mol. The van der Waals surface area contributed by atoms with Crippen LogP contribution in [0.4, 0.5) is 0 Å². The maximum absolute atomic E-state index is 12.4. The Hall–Kier alpha value is -0.290. The molecule has 0 aliphatic heterocycles.